The molecule has 1 amide bonds. The first-order valence-electron chi connectivity index (χ1n) is 13.5. The van der Waals surface area contributed by atoms with Crippen LogP contribution in [0.15, 0.2) is 69.8 Å². The molecule has 0 bridgehead atoms. The minimum absolute atomic E-state index is 0.274. The summed E-state index contributed by atoms with van der Waals surface area (Å²) in [6.45, 7) is 3.77. The van der Waals surface area contributed by atoms with Crippen LogP contribution in [0, 0.1) is 19.7 Å². The highest BCUT2D eigenvalue weighted by Crippen LogP contribution is 2.46. The lowest BCUT2D eigenvalue weighted by Gasteiger charge is -2.18. The molecule has 216 valence electrons. The summed E-state index contributed by atoms with van der Waals surface area (Å²) >= 11 is 0. The highest BCUT2D eigenvalue weighted by Gasteiger charge is 2.49. The SMILES string of the molecule is CNC.COc1cc(C)c(-c2ccc3oc(-c4ccc(F)cc4)c(C=O)c3c2)cc1C(=O)NC1(c2ncoc2C)CC1. The number of aldehydes is 1. The van der Waals surface area contributed by atoms with E-state index in [0.717, 1.165) is 41.5 Å². The quantitative estimate of drug-likeness (QED) is 0.213. The van der Waals surface area contributed by atoms with Gasteiger partial charge in [0.1, 0.15) is 34.4 Å². The number of aromatic nitrogens is 1. The first-order valence-corrected chi connectivity index (χ1v) is 13.5. The van der Waals surface area contributed by atoms with E-state index in [1.807, 2.05) is 46.1 Å². The maximum absolute atomic E-state index is 13.5. The second-order valence-electron chi connectivity index (χ2n) is 10.3. The summed E-state index contributed by atoms with van der Waals surface area (Å²) in [5.74, 6) is 0.872. The van der Waals surface area contributed by atoms with Crippen molar-refractivity contribution in [1.29, 1.82) is 0 Å². The van der Waals surface area contributed by atoms with Gasteiger partial charge in [0.25, 0.3) is 5.91 Å². The van der Waals surface area contributed by atoms with Crippen molar-refractivity contribution in [2.75, 3.05) is 21.2 Å². The van der Waals surface area contributed by atoms with E-state index in [1.165, 1.54) is 25.6 Å². The average Bonchev–Trinajstić information content (AvgIpc) is 3.45. The van der Waals surface area contributed by atoms with Crippen LogP contribution < -0.4 is 15.4 Å². The zero-order valence-corrected chi connectivity index (χ0v) is 24.1. The molecule has 9 heteroatoms. The third-order valence-electron chi connectivity index (χ3n) is 7.35. The number of halogens is 1. The van der Waals surface area contributed by atoms with Crippen molar-refractivity contribution in [2.24, 2.45) is 0 Å². The molecule has 2 aromatic heterocycles. The van der Waals surface area contributed by atoms with E-state index in [4.69, 9.17) is 13.6 Å². The van der Waals surface area contributed by atoms with Crippen molar-refractivity contribution in [1.82, 2.24) is 15.6 Å². The van der Waals surface area contributed by atoms with Crippen molar-refractivity contribution in [2.45, 2.75) is 32.2 Å². The molecular formula is C33H32FN3O5. The van der Waals surface area contributed by atoms with Gasteiger partial charge in [0, 0.05) is 10.9 Å². The molecule has 0 spiro atoms. The number of rotatable bonds is 7. The molecule has 1 fully saturated rings. The molecule has 5 aromatic rings. The number of nitrogens with zero attached hydrogens (tertiary/aromatic N) is 1. The first kappa shape index (κ1) is 28.8. The maximum Gasteiger partial charge on any atom is 0.255 e. The molecule has 0 aliphatic heterocycles. The lowest BCUT2D eigenvalue weighted by molar-refractivity contribution is 0.0926. The van der Waals surface area contributed by atoms with E-state index in [-0.39, 0.29) is 11.7 Å². The minimum Gasteiger partial charge on any atom is -0.496 e. The van der Waals surface area contributed by atoms with Crippen molar-refractivity contribution < 1.29 is 27.6 Å². The van der Waals surface area contributed by atoms with E-state index in [1.54, 1.807) is 24.3 Å². The van der Waals surface area contributed by atoms with Gasteiger partial charge < -0.3 is 24.2 Å². The Morgan fingerprint density at radius 3 is 2.33 bits per heavy atom. The maximum atomic E-state index is 13.5. The zero-order valence-electron chi connectivity index (χ0n) is 24.1. The molecule has 3 aromatic carbocycles. The van der Waals surface area contributed by atoms with Crippen molar-refractivity contribution in [3.63, 3.8) is 0 Å². The number of carbonyl (C=O) groups is 2. The van der Waals surface area contributed by atoms with Gasteiger partial charge in [0.05, 0.1) is 23.8 Å². The molecule has 0 saturated heterocycles. The second kappa shape index (κ2) is 11.6. The van der Waals surface area contributed by atoms with Crippen LogP contribution in [0.5, 0.6) is 5.75 Å². The second-order valence-corrected chi connectivity index (χ2v) is 10.3. The number of methoxy groups -OCH3 is 1. The van der Waals surface area contributed by atoms with Crippen LogP contribution in [0.25, 0.3) is 33.4 Å². The number of fused-ring (bicyclic) bond motifs is 1. The monoisotopic (exact) mass is 569 g/mol. The molecule has 8 nitrogen and oxygen atoms in total. The molecule has 1 aliphatic rings. The van der Waals surface area contributed by atoms with Gasteiger partial charge >= 0.3 is 0 Å². The topological polar surface area (TPSA) is 107 Å². The Kier molecular flexibility index (Phi) is 7.95. The summed E-state index contributed by atoms with van der Waals surface area (Å²) in [6.07, 6.45) is 3.68. The lowest BCUT2D eigenvalue weighted by Crippen LogP contribution is -2.35. The fraction of sp³-hybridized carbons (Fsp3) is 0.242. The number of nitrogens with one attached hydrogen (secondary N) is 2. The standard InChI is InChI=1S/C31H25FN2O5.C2H7N/c1-17-12-27(37-3)24(30(36)34-31(10-11-31)29-18(2)38-16-33-29)14-22(17)20-6-9-26-23(13-20)25(15-35)28(39-26)19-4-7-21(32)8-5-19;1-3-2/h4-9,12-16H,10-11H2,1-3H3,(H,34,36);3H,1-2H3. The number of aryl methyl sites for hydroxylation is 2. The Morgan fingerprint density at radius 1 is 1.05 bits per heavy atom. The van der Waals surface area contributed by atoms with Gasteiger partial charge in [0.2, 0.25) is 0 Å². The Morgan fingerprint density at radius 2 is 1.74 bits per heavy atom. The van der Waals surface area contributed by atoms with Crippen LogP contribution in [-0.4, -0.2) is 38.4 Å². The molecule has 2 N–H and O–H groups in total. The number of benzene rings is 3. The summed E-state index contributed by atoms with van der Waals surface area (Å²) in [6, 6.07) is 15.0. The van der Waals surface area contributed by atoms with Crippen molar-refractivity contribution in [3.8, 4) is 28.2 Å². The van der Waals surface area contributed by atoms with E-state index >= 15 is 0 Å². The van der Waals surface area contributed by atoms with Crippen LogP contribution in [0.3, 0.4) is 0 Å². The van der Waals surface area contributed by atoms with Gasteiger partial charge in [-0.1, -0.05) is 6.07 Å². The van der Waals surface area contributed by atoms with Crippen LogP contribution in [0.1, 0.15) is 50.6 Å². The van der Waals surface area contributed by atoms with E-state index < -0.39 is 5.54 Å². The summed E-state index contributed by atoms with van der Waals surface area (Å²) < 4.78 is 30.4. The van der Waals surface area contributed by atoms with E-state index in [0.29, 0.717) is 44.9 Å². The number of hydrogen-bond donors (Lipinski definition) is 2. The van der Waals surface area contributed by atoms with Crippen LogP contribution >= 0.6 is 0 Å². The highest BCUT2D eigenvalue weighted by atomic mass is 19.1. The normalized spacial score (nSPS) is 13.3. The summed E-state index contributed by atoms with van der Waals surface area (Å²) in [4.78, 5) is 30.0. The smallest absolute Gasteiger partial charge is 0.255 e. The molecule has 0 radical (unpaired) electrons. The van der Waals surface area contributed by atoms with Gasteiger partial charge in [0.15, 0.2) is 12.7 Å². The molecule has 6 rings (SSSR count). The van der Waals surface area contributed by atoms with E-state index in [2.05, 4.69) is 15.6 Å². The molecular weight excluding hydrogens is 537 g/mol. The van der Waals surface area contributed by atoms with Gasteiger partial charge in [-0.2, -0.15) is 0 Å². The summed E-state index contributed by atoms with van der Waals surface area (Å²) in [5.41, 5.74) is 4.61. The molecule has 0 unspecified atom stereocenters. The van der Waals surface area contributed by atoms with Crippen LogP contribution in [0.4, 0.5) is 4.39 Å². The first-order chi connectivity index (χ1) is 20.2. The number of carbonyl (C=O) groups excluding carboxylic acids is 2. The van der Waals surface area contributed by atoms with Crippen LogP contribution in [0.2, 0.25) is 0 Å². The van der Waals surface area contributed by atoms with Gasteiger partial charge in [-0.15, -0.1) is 0 Å². The van der Waals surface area contributed by atoms with Crippen molar-refractivity contribution >= 4 is 23.2 Å². The molecule has 1 saturated carbocycles. The number of furan rings is 1. The Hall–Kier alpha value is -4.76. The fourth-order valence-electron chi connectivity index (χ4n) is 5.15. The minimum atomic E-state index is -0.546. The Bertz CT molecular complexity index is 1770. The number of oxazole rings is 1. The predicted octanol–water partition coefficient (Wildman–Crippen LogP) is 6.59. The average molecular weight is 570 g/mol. The largest absolute Gasteiger partial charge is 0.496 e. The van der Waals surface area contributed by atoms with E-state index in [9.17, 15) is 14.0 Å². The molecule has 1 aliphatic carbocycles. The third kappa shape index (κ3) is 5.31. The molecule has 42 heavy (non-hydrogen) atoms. The summed E-state index contributed by atoms with van der Waals surface area (Å²) in [5, 5.41) is 6.52. The number of ether oxygens (including phenoxy) is 1. The van der Waals surface area contributed by atoms with Gasteiger partial charge in [-0.25, -0.2) is 9.37 Å². The molecule has 2 heterocycles. The zero-order chi connectivity index (χ0) is 30.0. The Balaban J connectivity index is 0.00000113. The van der Waals surface area contributed by atoms with Crippen LogP contribution in [-0.2, 0) is 5.54 Å². The Labute approximate surface area is 242 Å². The number of hydrogen-bond acceptors (Lipinski definition) is 7. The lowest BCUT2D eigenvalue weighted by atomic mass is 9.95. The third-order valence-corrected chi connectivity index (χ3v) is 7.35. The fourth-order valence-corrected chi connectivity index (χ4v) is 5.15. The van der Waals surface area contributed by atoms with Crippen molar-refractivity contribution in [3.05, 3.63) is 95.0 Å². The predicted molar refractivity (Wildman–Crippen MR) is 158 cm³/mol. The summed E-state index contributed by atoms with van der Waals surface area (Å²) in [7, 11) is 5.28. The van der Waals surface area contributed by atoms with Gasteiger partial charge in [-0.3, -0.25) is 9.59 Å². The van der Waals surface area contributed by atoms with Gasteiger partial charge in [-0.05, 0) is 106 Å². The highest BCUT2D eigenvalue weighted by molar-refractivity contribution is 6.04. The number of amides is 1. The molecule has 0 atom stereocenters.